The Labute approximate surface area is 98.5 Å². The Morgan fingerprint density at radius 3 is 3.12 bits per heavy atom. The van der Waals surface area contributed by atoms with Crippen LogP contribution in [0.2, 0.25) is 0 Å². The Hall–Kier alpha value is -1.27. The van der Waals surface area contributed by atoms with E-state index in [1.54, 1.807) is 17.5 Å². The minimum absolute atomic E-state index is 0.857. The maximum Gasteiger partial charge on any atom is 0.107 e. The fourth-order valence-electron chi connectivity index (χ4n) is 1.40. The van der Waals surface area contributed by atoms with Gasteiger partial charge in [0.2, 0.25) is 0 Å². The summed E-state index contributed by atoms with van der Waals surface area (Å²) in [5.74, 6) is 0. The molecular formula is C10H15N5S. The van der Waals surface area contributed by atoms with Crippen molar-refractivity contribution in [1.82, 2.24) is 25.3 Å². The number of aryl methyl sites for hydroxylation is 2. The van der Waals surface area contributed by atoms with E-state index in [0.717, 1.165) is 36.8 Å². The Morgan fingerprint density at radius 1 is 1.50 bits per heavy atom. The van der Waals surface area contributed by atoms with Crippen LogP contribution in [0.4, 0.5) is 0 Å². The van der Waals surface area contributed by atoms with Crippen molar-refractivity contribution in [2.45, 2.75) is 26.4 Å². The maximum atomic E-state index is 4.39. The molecule has 0 fully saturated rings. The molecule has 0 aromatic carbocycles. The van der Waals surface area contributed by atoms with Gasteiger partial charge in [-0.3, -0.25) is 4.68 Å². The Balaban J connectivity index is 1.59. The summed E-state index contributed by atoms with van der Waals surface area (Å²) in [7, 11) is 0. The summed E-state index contributed by atoms with van der Waals surface area (Å²) in [6, 6.07) is 0. The molecule has 0 aliphatic rings. The van der Waals surface area contributed by atoms with Crippen LogP contribution < -0.4 is 5.32 Å². The van der Waals surface area contributed by atoms with E-state index < -0.39 is 0 Å². The molecule has 2 heterocycles. The Kier molecular flexibility index (Phi) is 4.01. The molecule has 2 aromatic rings. The monoisotopic (exact) mass is 237 g/mol. The first-order valence-corrected chi connectivity index (χ1v) is 6.18. The van der Waals surface area contributed by atoms with Crippen molar-refractivity contribution in [2.75, 3.05) is 6.54 Å². The van der Waals surface area contributed by atoms with E-state index >= 15 is 0 Å². The lowest BCUT2D eigenvalue weighted by atomic mass is 10.4. The molecule has 0 radical (unpaired) electrons. The number of aromatic nitrogens is 4. The van der Waals surface area contributed by atoms with Crippen LogP contribution in [0.25, 0.3) is 0 Å². The Morgan fingerprint density at radius 2 is 2.44 bits per heavy atom. The highest BCUT2D eigenvalue weighted by atomic mass is 32.1. The summed E-state index contributed by atoms with van der Waals surface area (Å²) < 4.78 is 1.84. The number of hydrogen-bond donors (Lipinski definition) is 1. The van der Waals surface area contributed by atoms with E-state index in [1.165, 1.54) is 0 Å². The van der Waals surface area contributed by atoms with E-state index in [2.05, 4.69) is 26.0 Å². The van der Waals surface area contributed by atoms with Crippen LogP contribution in [0.5, 0.6) is 0 Å². The summed E-state index contributed by atoms with van der Waals surface area (Å²) in [6.45, 7) is 4.75. The predicted molar refractivity (Wildman–Crippen MR) is 63.2 cm³/mol. The topological polar surface area (TPSA) is 55.6 Å². The van der Waals surface area contributed by atoms with Crippen LogP contribution in [0.3, 0.4) is 0 Å². The average molecular weight is 237 g/mol. The highest BCUT2D eigenvalue weighted by molar-refractivity contribution is 7.09. The molecule has 0 saturated heterocycles. The highest BCUT2D eigenvalue weighted by Crippen LogP contribution is 2.07. The quantitative estimate of drug-likeness (QED) is 0.768. The lowest BCUT2D eigenvalue weighted by molar-refractivity contribution is 0.529. The predicted octanol–water partition coefficient (Wildman–Crippen LogP) is 1.22. The van der Waals surface area contributed by atoms with Crippen molar-refractivity contribution in [3.8, 4) is 0 Å². The van der Waals surface area contributed by atoms with Gasteiger partial charge < -0.3 is 5.32 Å². The zero-order valence-electron chi connectivity index (χ0n) is 9.26. The normalized spacial score (nSPS) is 10.8. The first-order chi connectivity index (χ1) is 7.84. The van der Waals surface area contributed by atoms with E-state index in [1.807, 2.05) is 17.8 Å². The maximum absolute atomic E-state index is 4.39. The molecule has 1 N–H and O–H groups in total. The first kappa shape index (κ1) is 11.2. The van der Waals surface area contributed by atoms with Crippen LogP contribution in [0, 0.1) is 6.92 Å². The molecule has 0 amide bonds. The van der Waals surface area contributed by atoms with Crippen LogP contribution >= 0.6 is 11.3 Å². The van der Waals surface area contributed by atoms with Crippen molar-refractivity contribution < 1.29 is 0 Å². The second-order valence-corrected chi connectivity index (χ2v) is 4.52. The van der Waals surface area contributed by atoms with Crippen molar-refractivity contribution in [2.24, 2.45) is 0 Å². The number of thiazole rings is 1. The third-order valence-electron chi connectivity index (χ3n) is 2.16. The molecule has 6 heteroatoms. The van der Waals surface area contributed by atoms with E-state index in [4.69, 9.17) is 0 Å². The summed E-state index contributed by atoms with van der Waals surface area (Å²) in [5, 5.41) is 14.3. The van der Waals surface area contributed by atoms with Gasteiger partial charge in [0.1, 0.15) is 5.01 Å². The van der Waals surface area contributed by atoms with Gasteiger partial charge in [0.15, 0.2) is 0 Å². The highest BCUT2D eigenvalue weighted by Gasteiger charge is 1.97. The van der Waals surface area contributed by atoms with Crippen molar-refractivity contribution in [3.63, 3.8) is 0 Å². The number of nitrogens with zero attached hydrogens (tertiary/aromatic N) is 4. The molecule has 0 spiro atoms. The fourth-order valence-corrected chi connectivity index (χ4v) is 2.14. The fraction of sp³-hybridized carbons (Fsp3) is 0.500. The average Bonchev–Trinajstić information content (AvgIpc) is 2.89. The van der Waals surface area contributed by atoms with Gasteiger partial charge >= 0.3 is 0 Å². The zero-order chi connectivity index (χ0) is 11.2. The van der Waals surface area contributed by atoms with Crippen LogP contribution in [-0.4, -0.2) is 26.5 Å². The minimum atomic E-state index is 0.857. The summed E-state index contributed by atoms with van der Waals surface area (Å²) >= 11 is 1.70. The lowest BCUT2D eigenvalue weighted by Gasteiger charge is -2.02. The molecular weight excluding hydrogens is 222 g/mol. The van der Waals surface area contributed by atoms with Crippen molar-refractivity contribution >= 4 is 11.3 Å². The molecule has 0 unspecified atom stereocenters. The largest absolute Gasteiger partial charge is 0.310 e. The molecule has 0 aliphatic heterocycles. The van der Waals surface area contributed by atoms with E-state index in [0.29, 0.717) is 0 Å². The van der Waals surface area contributed by atoms with Gasteiger partial charge in [-0.05, 0) is 19.9 Å². The van der Waals surface area contributed by atoms with Crippen LogP contribution in [0.1, 0.15) is 17.1 Å². The molecule has 2 rings (SSSR count). The summed E-state index contributed by atoms with van der Waals surface area (Å²) in [6.07, 6.45) is 4.63. The number of nitrogens with one attached hydrogen (secondary N) is 1. The van der Waals surface area contributed by atoms with Crippen molar-refractivity contribution in [1.29, 1.82) is 0 Å². The smallest absolute Gasteiger partial charge is 0.107 e. The zero-order valence-corrected chi connectivity index (χ0v) is 10.1. The van der Waals surface area contributed by atoms with Gasteiger partial charge in [0.25, 0.3) is 0 Å². The molecule has 2 aromatic heterocycles. The van der Waals surface area contributed by atoms with Crippen LogP contribution in [-0.2, 0) is 13.1 Å². The molecule has 5 nitrogen and oxygen atoms in total. The molecule has 0 aliphatic carbocycles. The van der Waals surface area contributed by atoms with Gasteiger partial charge in [-0.1, -0.05) is 5.21 Å². The van der Waals surface area contributed by atoms with Crippen LogP contribution in [0.15, 0.2) is 17.8 Å². The lowest BCUT2D eigenvalue weighted by Crippen LogP contribution is -2.16. The van der Waals surface area contributed by atoms with Gasteiger partial charge in [-0.2, -0.15) is 0 Å². The second-order valence-electron chi connectivity index (χ2n) is 3.58. The number of rotatable bonds is 6. The van der Waals surface area contributed by atoms with Gasteiger partial charge in [0.05, 0.1) is 6.20 Å². The first-order valence-electron chi connectivity index (χ1n) is 5.30. The molecule has 86 valence electrons. The SMILES string of the molecule is Cc1csc(CNCCCn2ccnn2)n1. The van der Waals surface area contributed by atoms with Crippen molar-refractivity contribution in [3.05, 3.63) is 28.5 Å². The second kappa shape index (κ2) is 5.72. The standard InChI is InChI=1S/C10H15N5S/c1-9-8-16-10(13-9)7-11-3-2-5-15-6-4-12-14-15/h4,6,8,11H,2-3,5,7H2,1H3. The molecule has 0 saturated carbocycles. The third kappa shape index (κ3) is 3.39. The molecule has 16 heavy (non-hydrogen) atoms. The molecule has 0 atom stereocenters. The summed E-state index contributed by atoms with van der Waals surface area (Å²) in [4.78, 5) is 4.39. The molecule has 0 bridgehead atoms. The summed E-state index contributed by atoms with van der Waals surface area (Å²) in [5.41, 5.74) is 1.10. The van der Waals surface area contributed by atoms with Gasteiger partial charge in [0, 0.05) is 30.4 Å². The van der Waals surface area contributed by atoms with Gasteiger partial charge in [-0.15, -0.1) is 16.4 Å². The third-order valence-corrected chi connectivity index (χ3v) is 3.12. The van der Waals surface area contributed by atoms with E-state index in [-0.39, 0.29) is 0 Å². The minimum Gasteiger partial charge on any atom is -0.310 e. The number of hydrogen-bond acceptors (Lipinski definition) is 5. The Bertz CT molecular complexity index is 409. The van der Waals surface area contributed by atoms with E-state index in [9.17, 15) is 0 Å². The van der Waals surface area contributed by atoms with Gasteiger partial charge in [-0.25, -0.2) is 4.98 Å².